The van der Waals surface area contributed by atoms with Gasteiger partial charge in [-0.25, -0.2) is 0 Å². The third-order valence-electron chi connectivity index (χ3n) is 5.35. The van der Waals surface area contributed by atoms with Crippen molar-refractivity contribution in [2.24, 2.45) is 4.99 Å². The number of aliphatic imine (C=N–C) groups is 1. The Bertz CT molecular complexity index is 374. The van der Waals surface area contributed by atoms with Crippen LogP contribution in [0.5, 0.6) is 0 Å². The van der Waals surface area contributed by atoms with Crippen molar-refractivity contribution in [3.63, 3.8) is 0 Å². The summed E-state index contributed by atoms with van der Waals surface area (Å²) in [5, 5.41) is 7.06. The molecule has 0 amide bonds. The number of rotatable bonds is 7. The predicted molar refractivity (Wildman–Crippen MR) is 101 cm³/mol. The summed E-state index contributed by atoms with van der Waals surface area (Å²) in [5.74, 6) is 0.937. The molecule has 24 heavy (non-hydrogen) atoms. The first-order chi connectivity index (χ1) is 11.7. The Balaban J connectivity index is 1.84. The average Bonchev–Trinajstić information content (AvgIpc) is 2.62. The lowest BCUT2D eigenvalue weighted by molar-refractivity contribution is -0.0352. The Morgan fingerprint density at radius 2 is 1.83 bits per heavy atom. The highest BCUT2D eigenvalue weighted by molar-refractivity contribution is 5.79. The van der Waals surface area contributed by atoms with E-state index in [4.69, 9.17) is 4.74 Å². The maximum atomic E-state index is 5.56. The highest BCUT2D eigenvalue weighted by atomic mass is 16.5. The highest BCUT2D eigenvalue weighted by Gasteiger charge is 2.38. The maximum absolute atomic E-state index is 5.56. The first-order valence-electron chi connectivity index (χ1n) is 9.58. The second-order valence-electron chi connectivity index (χ2n) is 7.39. The smallest absolute Gasteiger partial charge is 0.191 e. The van der Waals surface area contributed by atoms with Gasteiger partial charge in [-0.05, 0) is 39.9 Å². The van der Waals surface area contributed by atoms with Crippen LogP contribution < -0.4 is 10.6 Å². The summed E-state index contributed by atoms with van der Waals surface area (Å²) in [6.07, 6.45) is 7.77. The van der Waals surface area contributed by atoms with Crippen molar-refractivity contribution in [2.75, 3.05) is 67.1 Å². The second-order valence-corrected chi connectivity index (χ2v) is 7.39. The molecule has 0 aromatic heterocycles. The van der Waals surface area contributed by atoms with Gasteiger partial charge in [0, 0.05) is 38.8 Å². The van der Waals surface area contributed by atoms with Crippen molar-refractivity contribution in [1.82, 2.24) is 20.4 Å². The van der Waals surface area contributed by atoms with E-state index in [1.165, 1.54) is 32.1 Å². The van der Waals surface area contributed by atoms with E-state index in [0.717, 1.165) is 58.3 Å². The van der Waals surface area contributed by atoms with E-state index in [9.17, 15) is 0 Å². The lowest BCUT2D eigenvalue weighted by atomic mass is 9.80. The van der Waals surface area contributed by atoms with Crippen molar-refractivity contribution >= 4 is 5.96 Å². The minimum Gasteiger partial charge on any atom is -0.379 e. The molecule has 0 spiro atoms. The molecule has 1 saturated carbocycles. The van der Waals surface area contributed by atoms with Gasteiger partial charge in [0.2, 0.25) is 0 Å². The number of ether oxygens (including phenoxy) is 1. The number of morpholine rings is 1. The van der Waals surface area contributed by atoms with Gasteiger partial charge in [0.15, 0.2) is 5.96 Å². The summed E-state index contributed by atoms with van der Waals surface area (Å²) >= 11 is 0. The molecule has 2 aliphatic rings. The van der Waals surface area contributed by atoms with E-state index in [1.54, 1.807) is 0 Å². The summed E-state index contributed by atoms with van der Waals surface area (Å²) < 4.78 is 5.56. The van der Waals surface area contributed by atoms with Crippen molar-refractivity contribution in [2.45, 2.75) is 44.1 Å². The molecule has 0 atom stereocenters. The Labute approximate surface area is 148 Å². The van der Waals surface area contributed by atoms with Crippen LogP contribution in [-0.4, -0.2) is 88.4 Å². The van der Waals surface area contributed by atoms with E-state index < -0.39 is 0 Å². The molecular formula is C18H37N5O. The van der Waals surface area contributed by atoms with Gasteiger partial charge in [-0.2, -0.15) is 0 Å². The van der Waals surface area contributed by atoms with Crippen LogP contribution in [0, 0.1) is 0 Å². The first kappa shape index (κ1) is 19.5. The minimum atomic E-state index is 0.281. The normalized spacial score (nSPS) is 22.6. The Morgan fingerprint density at radius 1 is 1.12 bits per heavy atom. The first-order valence-corrected chi connectivity index (χ1v) is 9.58. The fourth-order valence-corrected chi connectivity index (χ4v) is 3.92. The summed E-state index contributed by atoms with van der Waals surface area (Å²) in [7, 11) is 6.09. The van der Waals surface area contributed by atoms with E-state index in [0.29, 0.717) is 0 Å². The van der Waals surface area contributed by atoms with Gasteiger partial charge in [0.05, 0.1) is 13.2 Å². The zero-order chi connectivity index (χ0) is 17.3. The molecule has 140 valence electrons. The highest BCUT2D eigenvalue weighted by Crippen LogP contribution is 2.33. The minimum absolute atomic E-state index is 0.281. The van der Waals surface area contributed by atoms with Crippen LogP contribution >= 0.6 is 0 Å². The standard InChI is InChI=1S/C18H37N5O/c1-19-17(20-10-7-11-22(2)3)21-16-18(8-5-4-6-9-18)23-12-14-24-15-13-23/h4-16H2,1-3H3,(H2,19,20,21). The number of hydrogen-bond donors (Lipinski definition) is 2. The molecule has 0 unspecified atom stereocenters. The third-order valence-corrected chi connectivity index (χ3v) is 5.35. The van der Waals surface area contributed by atoms with Gasteiger partial charge in [0.25, 0.3) is 0 Å². The topological polar surface area (TPSA) is 52.1 Å². The number of nitrogens with one attached hydrogen (secondary N) is 2. The van der Waals surface area contributed by atoms with Crippen molar-refractivity contribution in [1.29, 1.82) is 0 Å². The van der Waals surface area contributed by atoms with Crippen LogP contribution in [0.2, 0.25) is 0 Å². The van der Waals surface area contributed by atoms with E-state index >= 15 is 0 Å². The molecule has 6 nitrogen and oxygen atoms in total. The van der Waals surface area contributed by atoms with Crippen LogP contribution in [0.4, 0.5) is 0 Å². The second kappa shape index (κ2) is 10.2. The molecule has 2 rings (SSSR count). The van der Waals surface area contributed by atoms with Crippen molar-refractivity contribution < 1.29 is 4.74 Å². The number of guanidine groups is 1. The van der Waals surface area contributed by atoms with Crippen molar-refractivity contribution in [3.05, 3.63) is 0 Å². The van der Waals surface area contributed by atoms with Gasteiger partial charge >= 0.3 is 0 Å². The fourth-order valence-electron chi connectivity index (χ4n) is 3.92. The number of nitrogens with zero attached hydrogens (tertiary/aromatic N) is 3. The summed E-state index contributed by atoms with van der Waals surface area (Å²) in [6, 6.07) is 0. The SMILES string of the molecule is CN=C(NCCCN(C)C)NCC1(N2CCOCC2)CCCCC1. The van der Waals surface area contributed by atoms with Crippen LogP contribution in [0.15, 0.2) is 4.99 Å². The largest absolute Gasteiger partial charge is 0.379 e. The van der Waals surface area contributed by atoms with Gasteiger partial charge in [0.1, 0.15) is 0 Å². The molecule has 1 saturated heterocycles. The molecule has 6 heteroatoms. The molecule has 0 aromatic rings. The van der Waals surface area contributed by atoms with Gasteiger partial charge in [-0.1, -0.05) is 19.3 Å². The predicted octanol–water partition coefficient (Wildman–Crippen LogP) is 1.14. The summed E-state index contributed by atoms with van der Waals surface area (Å²) in [4.78, 5) is 9.29. The van der Waals surface area contributed by atoms with E-state index in [-0.39, 0.29) is 5.54 Å². The Kier molecular flexibility index (Phi) is 8.29. The van der Waals surface area contributed by atoms with Gasteiger partial charge in [-0.3, -0.25) is 9.89 Å². The Morgan fingerprint density at radius 3 is 2.46 bits per heavy atom. The van der Waals surface area contributed by atoms with Gasteiger partial charge < -0.3 is 20.3 Å². The van der Waals surface area contributed by atoms with Crippen LogP contribution in [-0.2, 0) is 4.74 Å². The molecule has 1 aliphatic heterocycles. The molecule has 1 heterocycles. The molecule has 2 N–H and O–H groups in total. The number of hydrogen-bond acceptors (Lipinski definition) is 4. The van der Waals surface area contributed by atoms with Crippen molar-refractivity contribution in [3.8, 4) is 0 Å². The van der Waals surface area contributed by atoms with Crippen LogP contribution in [0.3, 0.4) is 0 Å². The van der Waals surface area contributed by atoms with Crippen LogP contribution in [0.25, 0.3) is 0 Å². The molecule has 0 radical (unpaired) electrons. The average molecular weight is 340 g/mol. The van der Waals surface area contributed by atoms with E-state index in [1.807, 2.05) is 7.05 Å². The lowest BCUT2D eigenvalue weighted by Gasteiger charge is -2.48. The molecule has 1 aliphatic carbocycles. The molecule has 0 aromatic carbocycles. The maximum Gasteiger partial charge on any atom is 0.191 e. The zero-order valence-corrected chi connectivity index (χ0v) is 15.9. The quantitative estimate of drug-likeness (QED) is 0.414. The fraction of sp³-hybridized carbons (Fsp3) is 0.944. The molecular weight excluding hydrogens is 302 g/mol. The third kappa shape index (κ3) is 5.90. The molecule has 0 bridgehead atoms. The summed E-state index contributed by atoms with van der Waals surface area (Å²) in [5.41, 5.74) is 0.281. The van der Waals surface area contributed by atoms with Gasteiger partial charge in [-0.15, -0.1) is 0 Å². The van der Waals surface area contributed by atoms with E-state index in [2.05, 4.69) is 39.5 Å². The monoisotopic (exact) mass is 339 g/mol. The molecule has 2 fully saturated rings. The lowest BCUT2D eigenvalue weighted by Crippen LogP contribution is -2.60. The zero-order valence-electron chi connectivity index (χ0n) is 15.9. The Hall–Kier alpha value is -0.850. The van der Waals surface area contributed by atoms with Crippen LogP contribution in [0.1, 0.15) is 38.5 Å². The summed E-state index contributed by atoms with van der Waals surface area (Å²) in [6.45, 7) is 6.93.